The fourth-order valence-corrected chi connectivity index (χ4v) is 5.36. The van der Waals surface area contributed by atoms with E-state index in [-0.39, 0.29) is 17.6 Å². The zero-order valence-electron chi connectivity index (χ0n) is 20.7. The smallest absolute Gasteiger partial charge is 0.253 e. The van der Waals surface area contributed by atoms with Gasteiger partial charge in [0.2, 0.25) is 0 Å². The molecule has 7 heteroatoms. The van der Waals surface area contributed by atoms with Gasteiger partial charge in [-0.25, -0.2) is 4.68 Å². The molecular weight excluding hydrogens is 436 g/mol. The van der Waals surface area contributed by atoms with Crippen LogP contribution in [0.3, 0.4) is 0 Å². The first-order valence-electron chi connectivity index (χ1n) is 12.9. The van der Waals surface area contributed by atoms with Crippen molar-refractivity contribution < 1.29 is 0 Å². The number of nitrogens with zero attached hydrogens (tertiary/aromatic N) is 5. The van der Waals surface area contributed by atoms with E-state index in [9.17, 15) is 4.79 Å². The highest BCUT2D eigenvalue weighted by atomic mass is 16.1. The molecule has 0 radical (unpaired) electrons. The Bertz CT molecular complexity index is 1320. The van der Waals surface area contributed by atoms with Crippen LogP contribution in [-0.4, -0.2) is 36.6 Å². The molecule has 5 rings (SSSR count). The van der Waals surface area contributed by atoms with Crippen molar-refractivity contribution in [1.29, 1.82) is 0 Å². The summed E-state index contributed by atoms with van der Waals surface area (Å²) in [5.41, 5.74) is 3.90. The number of fused-ring (bicyclic) bond motifs is 1. The summed E-state index contributed by atoms with van der Waals surface area (Å²) in [6, 6.07) is 18.6. The van der Waals surface area contributed by atoms with E-state index in [1.807, 2.05) is 22.9 Å². The van der Waals surface area contributed by atoms with Crippen LogP contribution in [0.2, 0.25) is 0 Å². The van der Waals surface area contributed by atoms with Gasteiger partial charge in [0.05, 0.1) is 6.04 Å². The number of rotatable bonds is 8. The number of hydrogen-bond donors (Lipinski definition) is 1. The van der Waals surface area contributed by atoms with Crippen LogP contribution in [0.4, 0.5) is 0 Å². The standard InChI is InChI=1S/C28H34N6O/c1-3-20-15-16-25-22(17-20)18-24(28(35)29-25)26(33(4-2)19-21-11-7-5-8-12-21)27-30-31-32-34(27)23-13-9-6-10-14-23/h5,7-8,11-12,15-18,23,26H,3-4,6,9-10,13-14,19H2,1-2H3,(H,29,35)/t26-/m1/s1. The minimum absolute atomic E-state index is 0.0866. The molecule has 4 aromatic rings. The maximum Gasteiger partial charge on any atom is 0.253 e. The molecule has 0 aliphatic heterocycles. The molecule has 0 saturated heterocycles. The lowest BCUT2D eigenvalue weighted by Crippen LogP contribution is -2.35. The van der Waals surface area contributed by atoms with Crippen LogP contribution < -0.4 is 5.56 Å². The molecule has 2 aromatic carbocycles. The molecule has 1 aliphatic carbocycles. The molecule has 7 nitrogen and oxygen atoms in total. The van der Waals surface area contributed by atoms with E-state index >= 15 is 0 Å². The predicted octanol–water partition coefficient (Wildman–Crippen LogP) is 5.19. The van der Waals surface area contributed by atoms with Gasteiger partial charge < -0.3 is 4.98 Å². The van der Waals surface area contributed by atoms with E-state index in [0.29, 0.717) is 12.1 Å². The number of hydrogen-bond acceptors (Lipinski definition) is 5. The Morgan fingerprint density at radius 1 is 1.03 bits per heavy atom. The monoisotopic (exact) mass is 470 g/mol. The molecule has 0 spiro atoms. The lowest BCUT2D eigenvalue weighted by atomic mass is 9.95. The van der Waals surface area contributed by atoms with E-state index in [1.54, 1.807) is 0 Å². The van der Waals surface area contributed by atoms with E-state index in [4.69, 9.17) is 0 Å². The number of aromatic amines is 1. The largest absolute Gasteiger partial charge is 0.322 e. The molecule has 0 amide bonds. The molecule has 2 aromatic heterocycles. The maximum absolute atomic E-state index is 13.5. The summed E-state index contributed by atoms with van der Waals surface area (Å²) in [5.74, 6) is 0.756. The topological polar surface area (TPSA) is 79.7 Å². The number of tetrazole rings is 1. The van der Waals surface area contributed by atoms with Crippen LogP contribution in [0.1, 0.15) is 80.6 Å². The third-order valence-corrected chi connectivity index (χ3v) is 7.32. The van der Waals surface area contributed by atoms with Gasteiger partial charge in [-0.05, 0) is 70.9 Å². The average molecular weight is 471 g/mol. The molecule has 2 heterocycles. The molecule has 1 fully saturated rings. The van der Waals surface area contributed by atoms with Gasteiger partial charge in [0.15, 0.2) is 5.82 Å². The van der Waals surface area contributed by atoms with Crippen molar-refractivity contribution in [3.05, 3.63) is 87.5 Å². The van der Waals surface area contributed by atoms with Crippen LogP contribution >= 0.6 is 0 Å². The second-order valence-electron chi connectivity index (χ2n) is 9.55. The fourth-order valence-electron chi connectivity index (χ4n) is 5.36. The Balaban J connectivity index is 1.65. The maximum atomic E-state index is 13.5. The quantitative estimate of drug-likeness (QED) is 0.383. The minimum atomic E-state index is -0.351. The Hall–Kier alpha value is -3.32. The highest BCUT2D eigenvalue weighted by molar-refractivity contribution is 5.80. The Labute approximate surface area is 206 Å². The van der Waals surface area contributed by atoms with E-state index in [1.165, 1.54) is 30.4 Å². The third-order valence-electron chi connectivity index (χ3n) is 7.32. The zero-order chi connectivity index (χ0) is 24.2. The van der Waals surface area contributed by atoms with Crippen molar-refractivity contribution in [3.8, 4) is 0 Å². The SMILES string of the molecule is CCc1ccc2[nH]c(=O)c([C@H](c3nnnn3C3CCCCC3)N(CC)Cc3ccccc3)cc2c1. The zero-order valence-corrected chi connectivity index (χ0v) is 20.7. The second kappa shape index (κ2) is 10.5. The summed E-state index contributed by atoms with van der Waals surface area (Å²) in [6.45, 7) is 5.73. The van der Waals surface area contributed by atoms with Crippen LogP contribution in [0.5, 0.6) is 0 Å². The van der Waals surface area contributed by atoms with Gasteiger partial charge in [0.25, 0.3) is 5.56 Å². The lowest BCUT2D eigenvalue weighted by Gasteiger charge is -2.32. The Kier molecular flexibility index (Phi) is 7.04. The van der Waals surface area contributed by atoms with Gasteiger partial charge in [0.1, 0.15) is 6.04 Å². The normalized spacial score (nSPS) is 15.6. The molecule has 1 N–H and O–H groups in total. The molecule has 0 unspecified atom stereocenters. The number of benzene rings is 2. The predicted molar refractivity (Wildman–Crippen MR) is 138 cm³/mol. The summed E-state index contributed by atoms with van der Waals surface area (Å²) in [4.78, 5) is 19.0. The van der Waals surface area contributed by atoms with Gasteiger partial charge in [-0.15, -0.1) is 5.10 Å². The molecule has 35 heavy (non-hydrogen) atoms. The molecule has 1 saturated carbocycles. The Morgan fingerprint density at radius 3 is 2.57 bits per heavy atom. The van der Waals surface area contributed by atoms with Crippen molar-refractivity contribution in [1.82, 2.24) is 30.1 Å². The van der Waals surface area contributed by atoms with Crippen molar-refractivity contribution in [2.75, 3.05) is 6.54 Å². The number of pyridine rings is 1. The van der Waals surface area contributed by atoms with Crippen molar-refractivity contribution in [3.63, 3.8) is 0 Å². The van der Waals surface area contributed by atoms with Crippen LogP contribution in [-0.2, 0) is 13.0 Å². The van der Waals surface area contributed by atoms with Crippen LogP contribution in [0.15, 0.2) is 59.4 Å². The highest BCUT2D eigenvalue weighted by Crippen LogP contribution is 2.33. The van der Waals surface area contributed by atoms with Crippen LogP contribution in [0, 0.1) is 0 Å². The number of aromatic nitrogens is 5. The first-order valence-corrected chi connectivity index (χ1v) is 12.9. The number of nitrogens with one attached hydrogen (secondary N) is 1. The second-order valence-corrected chi connectivity index (χ2v) is 9.55. The van der Waals surface area contributed by atoms with E-state index in [0.717, 1.165) is 42.5 Å². The molecule has 1 atom stereocenters. The van der Waals surface area contributed by atoms with Gasteiger partial charge in [-0.3, -0.25) is 9.69 Å². The van der Waals surface area contributed by atoms with Crippen molar-refractivity contribution in [2.24, 2.45) is 0 Å². The van der Waals surface area contributed by atoms with Crippen molar-refractivity contribution in [2.45, 2.75) is 71.0 Å². The number of H-pyrrole nitrogens is 1. The summed E-state index contributed by atoms with van der Waals surface area (Å²) < 4.78 is 2.00. The van der Waals surface area contributed by atoms with Gasteiger partial charge in [-0.2, -0.15) is 0 Å². The molecule has 0 bridgehead atoms. The van der Waals surface area contributed by atoms with E-state index in [2.05, 4.69) is 75.7 Å². The number of aryl methyl sites for hydroxylation is 1. The fraction of sp³-hybridized carbons (Fsp3) is 0.429. The Morgan fingerprint density at radius 2 is 1.83 bits per heavy atom. The highest BCUT2D eigenvalue weighted by Gasteiger charge is 2.32. The van der Waals surface area contributed by atoms with E-state index < -0.39 is 0 Å². The third kappa shape index (κ3) is 4.91. The first kappa shape index (κ1) is 23.4. The average Bonchev–Trinajstić information content (AvgIpc) is 3.39. The lowest BCUT2D eigenvalue weighted by molar-refractivity contribution is 0.204. The van der Waals surface area contributed by atoms with Gasteiger partial charge >= 0.3 is 0 Å². The first-order chi connectivity index (χ1) is 17.2. The molecular formula is C28H34N6O. The summed E-state index contributed by atoms with van der Waals surface area (Å²) in [6.07, 6.45) is 6.73. The van der Waals surface area contributed by atoms with Crippen LogP contribution in [0.25, 0.3) is 10.9 Å². The van der Waals surface area contributed by atoms with Gasteiger partial charge in [0, 0.05) is 17.6 Å². The van der Waals surface area contributed by atoms with Gasteiger partial charge in [-0.1, -0.05) is 69.5 Å². The molecule has 1 aliphatic rings. The molecule has 182 valence electrons. The van der Waals surface area contributed by atoms with Crippen molar-refractivity contribution >= 4 is 10.9 Å². The minimum Gasteiger partial charge on any atom is -0.322 e. The summed E-state index contributed by atoms with van der Waals surface area (Å²) in [7, 11) is 0. The summed E-state index contributed by atoms with van der Waals surface area (Å²) >= 11 is 0. The summed E-state index contributed by atoms with van der Waals surface area (Å²) in [5, 5.41) is 14.1.